The molecule has 0 bridgehead atoms. The van der Waals surface area contributed by atoms with Gasteiger partial charge in [0.2, 0.25) is 5.91 Å². The fourth-order valence-electron chi connectivity index (χ4n) is 3.32. The quantitative estimate of drug-likeness (QED) is 0.506. The lowest BCUT2D eigenvalue weighted by molar-refractivity contribution is -0.137. The Kier molecular flexibility index (Phi) is 7.22. The van der Waals surface area contributed by atoms with Crippen molar-refractivity contribution in [3.63, 3.8) is 0 Å². The molecule has 2 heterocycles. The molecule has 0 radical (unpaired) electrons. The Balaban J connectivity index is 1.49. The highest BCUT2D eigenvalue weighted by molar-refractivity contribution is 8.04. The summed E-state index contributed by atoms with van der Waals surface area (Å²) in [5.41, 5.74) is 1.20. The first-order valence-electron chi connectivity index (χ1n) is 9.53. The van der Waals surface area contributed by atoms with Gasteiger partial charge in [0.05, 0.1) is 30.6 Å². The van der Waals surface area contributed by atoms with Gasteiger partial charge in [-0.2, -0.15) is 0 Å². The number of hydrogen-bond donors (Lipinski definition) is 0. The molecule has 2 saturated heterocycles. The van der Waals surface area contributed by atoms with Crippen LogP contribution in [0.2, 0.25) is 0 Å². The summed E-state index contributed by atoms with van der Waals surface area (Å²) in [6, 6.07) is 8.13. The van der Waals surface area contributed by atoms with E-state index in [0.29, 0.717) is 23.9 Å². The summed E-state index contributed by atoms with van der Waals surface area (Å²) in [4.78, 5) is 30.3. The van der Waals surface area contributed by atoms with Gasteiger partial charge in [0, 0.05) is 45.0 Å². The first-order chi connectivity index (χ1) is 13.6. The second kappa shape index (κ2) is 9.84. The van der Waals surface area contributed by atoms with Crippen molar-refractivity contribution >= 4 is 29.3 Å². The molecule has 0 aromatic heterocycles. The van der Waals surface area contributed by atoms with E-state index < -0.39 is 5.97 Å². The Bertz CT molecular complexity index is 715. The number of rotatable bonds is 7. The minimum atomic E-state index is -0.391. The number of esters is 1. The molecular formula is C20H27N3O4S. The molecule has 8 heteroatoms. The zero-order valence-electron chi connectivity index (χ0n) is 16.4. The van der Waals surface area contributed by atoms with E-state index in [1.165, 1.54) is 23.5 Å². The van der Waals surface area contributed by atoms with Crippen LogP contribution >= 0.6 is 11.8 Å². The topological polar surface area (TPSA) is 62.3 Å². The van der Waals surface area contributed by atoms with E-state index in [1.807, 2.05) is 12.1 Å². The van der Waals surface area contributed by atoms with Crippen molar-refractivity contribution in [1.29, 1.82) is 0 Å². The first-order valence-corrected chi connectivity index (χ1v) is 10.5. The Morgan fingerprint density at radius 3 is 2.50 bits per heavy atom. The van der Waals surface area contributed by atoms with Crippen LogP contribution in [0.1, 0.15) is 6.92 Å². The molecule has 2 aliphatic heterocycles. The number of anilines is 1. The van der Waals surface area contributed by atoms with Gasteiger partial charge in [0.1, 0.15) is 5.75 Å². The third-order valence-corrected chi connectivity index (χ3v) is 5.91. The number of piperazine rings is 1. The molecular weight excluding hydrogens is 378 g/mol. The van der Waals surface area contributed by atoms with Crippen LogP contribution in [0.4, 0.5) is 5.69 Å². The molecule has 0 saturated carbocycles. The summed E-state index contributed by atoms with van der Waals surface area (Å²) in [6.07, 6.45) is 1.43. The van der Waals surface area contributed by atoms with Gasteiger partial charge in [0.25, 0.3) is 0 Å². The summed E-state index contributed by atoms with van der Waals surface area (Å²) >= 11 is 1.40. The maximum atomic E-state index is 12.2. The molecule has 2 fully saturated rings. The number of amides is 1. The van der Waals surface area contributed by atoms with Gasteiger partial charge in [-0.25, -0.2) is 4.79 Å². The molecule has 1 aromatic rings. The average Bonchev–Trinajstić information content (AvgIpc) is 3.06. The lowest BCUT2D eigenvalue weighted by atomic mass is 10.2. The second-order valence-electron chi connectivity index (χ2n) is 6.60. The summed E-state index contributed by atoms with van der Waals surface area (Å²) in [7, 11) is 1.67. The zero-order chi connectivity index (χ0) is 19.9. The Morgan fingerprint density at radius 1 is 1.14 bits per heavy atom. The largest absolute Gasteiger partial charge is 0.497 e. The highest BCUT2D eigenvalue weighted by atomic mass is 32.2. The number of ether oxygens (including phenoxy) is 2. The molecule has 1 aromatic carbocycles. The molecule has 2 aliphatic rings. The van der Waals surface area contributed by atoms with Crippen molar-refractivity contribution < 1.29 is 19.1 Å². The Hall–Kier alpha value is -2.19. The van der Waals surface area contributed by atoms with Crippen molar-refractivity contribution in [3.05, 3.63) is 35.4 Å². The van der Waals surface area contributed by atoms with Gasteiger partial charge < -0.3 is 19.3 Å². The number of benzene rings is 1. The SMILES string of the molecule is CCOC(=O)/C=C1\SCC(=O)N1CCN1CCN(c2ccc(OC)cc2)CC1. The van der Waals surface area contributed by atoms with Crippen LogP contribution in [0, 0.1) is 0 Å². The van der Waals surface area contributed by atoms with E-state index in [-0.39, 0.29) is 5.91 Å². The average molecular weight is 406 g/mol. The normalized spacial score (nSPS) is 19.4. The van der Waals surface area contributed by atoms with Crippen molar-refractivity contribution in [2.75, 3.05) is 63.6 Å². The smallest absolute Gasteiger partial charge is 0.333 e. The monoisotopic (exact) mass is 405 g/mol. The minimum absolute atomic E-state index is 0.0532. The van der Waals surface area contributed by atoms with Crippen molar-refractivity contribution in [2.24, 2.45) is 0 Å². The van der Waals surface area contributed by atoms with Crippen LogP contribution in [-0.4, -0.2) is 80.4 Å². The summed E-state index contributed by atoms with van der Waals surface area (Å²) in [5.74, 6) is 0.911. The maximum absolute atomic E-state index is 12.2. The van der Waals surface area contributed by atoms with Gasteiger partial charge in [-0.05, 0) is 31.2 Å². The van der Waals surface area contributed by atoms with Crippen LogP contribution in [0.5, 0.6) is 5.75 Å². The van der Waals surface area contributed by atoms with Gasteiger partial charge >= 0.3 is 5.97 Å². The van der Waals surface area contributed by atoms with E-state index in [0.717, 1.165) is 38.5 Å². The number of methoxy groups -OCH3 is 1. The highest BCUT2D eigenvalue weighted by Gasteiger charge is 2.28. The predicted molar refractivity (Wildman–Crippen MR) is 111 cm³/mol. The van der Waals surface area contributed by atoms with Crippen molar-refractivity contribution in [3.8, 4) is 5.75 Å². The van der Waals surface area contributed by atoms with Crippen LogP contribution in [0.25, 0.3) is 0 Å². The highest BCUT2D eigenvalue weighted by Crippen LogP contribution is 2.28. The number of carbonyl (C=O) groups excluding carboxylic acids is 2. The summed E-state index contributed by atoms with van der Waals surface area (Å²) in [5, 5.41) is 0.695. The molecule has 0 aliphatic carbocycles. The number of thioether (sulfide) groups is 1. The molecule has 0 spiro atoms. The third-order valence-electron chi connectivity index (χ3n) is 4.89. The van der Waals surface area contributed by atoms with Crippen LogP contribution in [0.3, 0.4) is 0 Å². The molecule has 0 atom stereocenters. The van der Waals surface area contributed by atoms with Crippen molar-refractivity contribution in [2.45, 2.75) is 6.92 Å². The van der Waals surface area contributed by atoms with E-state index in [2.05, 4.69) is 21.9 Å². The molecule has 152 valence electrons. The molecule has 0 unspecified atom stereocenters. The second-order valence-corrected chi connectivity index (χ2v) is 7.59. The van der Waals surface area contributed by atoms with E-state index >= 15 is 0 Å². The van der Waals surface area contributed by atoms with E-state index in [4.69, 9.17) is 9.47 Å². The van der Waals surface area contributed by atoms with Crippen LogP contribution in [-0.2, 0) is 14.3 Å². The number of nitrogens with zero attached hydrogens (tertiary/aromatic N) is 3. The molecule has 28 heavy (non-hydrogen) atoms. The molecule has 3 rings (SSSR count). The van der Waals surface area contributed by atoms with E-state index in [9.17, 15) is 9.59 Å². The molecule has 1 amide bonds. The first kappa shape index (κ1) is 20.5. The van der Waals surface area contributed by atoms with Crippen molar-refractivity contribution in [1.82, 2.24) is 9.80 Å². The van der Waals surface area contributed by atoms with Gasteiger partial charge in [-0.15, -0.1) is 0 Å². The Labute approximate surface area is 170 Å². The van der Waals surface area contributed by atoms with Gasteiger partial charge in [0.15, 0.2) is 0 Å². The summed E-state index contributed by atoms with van der Waals surface area (Å²) in [6.45, 7) is 7.27. The van der Waals surface area contributed by atoms with Gasteiger partial charge in [-0.3, -0.25) is 9.69 Å². The predicted octanol–water partition coefficient (Wildman–Crippen LogP) is 1.80. The standard InChI is InChI=1S/C20H27N3O4S/c1-3-27-20(25)14-19-23(18(24)15-28-19)13-10-21-8-11-22(12-9-21)16-4-6-17(26-2)7-5-16/h4-7,14H,3,8-13,15H2,1-2H3/b19-14-. The zero-order valence-corrected chi connectivity index (χ0v) is 17.2. The molecule has 0 N–H and O–H groups in total. The maximum Gasteiger partial charge on any atom is 0.333 e. The number of hydrogen-bond acceptors (Lipinski definition) is 7. The fourth-order valence-corrected chi connectivity index (χ4v) is 4.27. The summed E-state index contributed by atoms with van der Waals surface area (Å²) < 4.78 is 10.2. The Morgan fingerprint density at radius 2 is 1.86 bits per heavy atom. The number of carbonyl (C=O) groups is 2. The van der Waals surface area contributed by atoms with E-state index in [1.54, 1.807) is 18.9 Å². The van der Waals surface area contributed by atoms with Gasteiger partial charge in [-0.1, -0.05) is 11.8 Å². The minimum Gasteiger partial charge on any atom is -0.497 e. The fraction of sp³-hybridized carbons (Fsp3) is 0.500. The molecule has 7 nitrogen and oxygen atoms in total. The third kappa shape index (κ3) is 5.20. The van der Waals surface area contributed by atoms with Crippen LogP contribution in [0.15, 0.2) is 35.4 Å². The lowest BCUT2D eigenvalue weighted by Crippen LogP contribution is -2.48. The van der Waals surface area contributed by atoms with Crippen LogP contribution < -0.4 is 9.64 Å². The lowest BCUT2D eigenvalue weighted by Gasteiger charge is -2.36.